The zero-order valence-electron chi connectivity index (χ0n) is 13.6. The highest BCUT2D eigenvalue weighted by molar-refractivity contribution is 5.74. The number of aliphatic carboxylic acids is 1. The van der Waals surface area contributed by atoms with Crippen LogP contribution in [0.4, 0.5) is 0 Å². The third-order valence-electron chi connectivity index (χ3n) is 4.96. The SMILES string of the molecule is CC(C)(C)c1noc(CN2C(C(=O)O)CC3CCCCC32)n1. The molecule has 1 aliphatic heterocycles. The maximum Gasteiger partial charge on any atom is 0.320 e. The van der Waals surface area contributed by atoms with Crippen LogP contribution in [-0.2, 0) is 16.8 Å². The van der Waals surface area contributed by atoms with Crippen LogP contribution in [-0.4, -0.2) is 38.2 Å². The van der Waals surface area contributed by atoms with E-state index in [4.69, 9.17) is 4.52 Å². The molecule has 3 atom stereocenters. The molecule has 1 aromatic rings. The van der Waals surface area contributed by atoms with Gasteiger partial charge in [0.25, 0.3) is 0 Å². The number of carbonyl (C=O) groups is 1. The van der Waals surface area contributed by atoms with E-state index < -0.39 is 12.0 Å². The molecule has 1 aromatic heterocycles. The van der Waals surface area contributed by atoms with Crippen LogP contribution in [0.15, 0.2) is 4.52 Å². The third-order valence-corrected chi connectivity index (χ3v) is 4.96. The van der Waals surface area contributed by atoms with Gasteiger partial charge in [-0.1, -0.05) is 38.8 Å². The molecule has 0 aromatic carbocycles. The highest BCUT2D eigenvalue weighted by Gasteiger charge is 2.45. The van der Waals surface area contributed by atoms with Gasteiger partial charge in [0.1, 0.15) is 6.04 Å². The summed E-state index contributed by atoms with van der Waals surface area (Å²) in [7, 11) is 0. The van der Waals surface area contributed by atoms with Crippen molar-refractivity contribution in [3.8, 4) is 0 Å². The summed E-state index contributed by atoms with van der Waals surface area (Å²) in [6.45, 7) is 6.55. The topological polar surface area (TPSA) is 79.5 Å². The van der Waals surface area contributed by atoms with Crippen LogP contribution < -0.4 is 0 Å². The highest BCUT2D eigenvalue weighted by Crippen LogP contribution is 2.40. The van der Waals surface area contributed by atoms with E-state index in [-0.39, 0.29) is 5.41 Å². The molecule has 122 valence electrons. The number of hydrogen-bond acceptors (Lipinski definition) is 5. The molecule has 2 aliphatic rings. The number of aromatic nitrogens is 2. The Hall–Kier alpha value is -1.43. The first kappa shape index (κ1) is 15.5. The Balaban J connectivity index is 1.79. The van der Waals surface area contributed by atoms with Crippen LogP contribution in [0.5, 0.6) is 0 Å². The Morgan fingerprint density at radius 3 is 2.73 bits per heavy atom. The molecule has 2 heterocycles. The lowest BCUT2D eigenvalue weighted by atomic mass is 9.85. The number of fused-ring (bicyclic) bond motifs is 1. The Morgan fingerprint density at radius 2 is 2.09 bits per heavy atom. The average Bonchev–Trinajstić information content (AvgIpc) is 3.04. The zero-order chi connectivity index (χ0) is 15.9. The number of rotatable bonds is 3. The third kappa shape index (κ3) is 2.89. The lowest BCUT2D eigenvalue weighted by Gasteiger charge is -2.31. The lowest BCUT2D eigenvalue weighted by Crippen LogP contribution is -2.41. The lowest BCUT2D eigenvalue weighted by molar-refractivity contribution is -0.143. The Bertz CT molecular complexity index is 549. The average molecular weight is 307 g/mol. The number of likely N-dealkylation sites (tertiary alicyclic amines) is 1. The van der Waals surface area contributed by atoms with E-state index in [2.05, 4.69) is 15.0 Å². The number of carboxylic acid groups (broad SMARTS) is 1. The minimum absolute atomic E-state index is 0.160. The van der Waals surface area contributed by atoms with Gasteiger partial charge in [-0.25, -0.2) is 0 Å². The summed E-state index contributed by atoms with van der Waals surface area (Å²) in [5.74, 6) is 0.973. The number of carboxylic acids is 1. The molecule has 1 saturated heterocycles. The van der Waals surface area contributed by atoms with Crippen molar-refractivity contribution in [2.24, 2.45) is 5.92 Å². The van der Waals surface area contributed by atoms with Gasteiger partial charge in [-0.2, -0.15) is 4.98 Å². The second-order valence-electron chi connectivity index (χ2n) is 7.64. The summed E-state index contributed by atoms with van der Waals surface area (Å²) >= 11 is 0. The summed E-state index contributed by atoms with van der Waals surface area (Å²) in [6, 6.07) is -0.0714. The van der Waals surface area contributed by atoms with E-state index in [1.54, 1.807) is 0 Å². The molecule has 0 amide bonds. The maximum absolute atomic E-state index is 11.6. The van der Waals surface area contributed by atoms with Crippen molar-refractivity contribution in [1.82, 2.24) is 15.0 Å². The zero-order valence-corrected chi connectivity index (χ0v) is 13.6. The second-order valence-corrected chi connectivity index (χ2v) is 7.64. The summed E-state index contributed by atoms with van der Waals surface area (Å²) in [4.78, 5) is 18.1. The fraction of sp³-hybridized carbons (Fsp3) is 0.812. The molecule has 1 aliphatic carbocycles. The van der Waals surface area contributed by atoms with Gasteiger partial charge in [0.15, 0.2) is 5.82 Å². The molecule has 1 saturated carbocycles. The van der Waals surface area contributed by atoms with Gasteiger partial charge in [0.05, 0.1) is 6.54 Å². The van der Waals surface area contributed by atoms with Gasteiger partial charge in [-0.3, -0.25) is 9.69 Å². The van der Waals surface area contributed by atoms with Gasteiger partial charge in [0.2, 0.25) is 5.89 Å². The molecule has 6 nitrogen and oxygen atoms in total. The van der Waals surface area contributed by atoms with Crippen LogP contribution >= 0.6 is 0 Å². The molecule has 0 spiro atoms. The van der Waals surface area contributed by atoms with Crippen LogP contribution in [0, 0.1) is 5.92 Å². The van der Waals surface area contributed by atoms with Crippen molar-refractivity contribution in [2.75, 3.05) is 0 Å². The first-order valence-corrected chi connectivity index (χ1v) is 8.18. The molecule has 1 N–H and O–H groups in total. The van der Waals surface area contributed by atoms with Crippen LogP contribution in [0.2, 0.25) is 0 Å². The fourth-order valence-corrected chi connectivity index (χ4v) is 3.80. The normalized spacial score (nSPS) is 29.5. The molecule has 3 unspecified atom stereocenters. The van der Waals surface area contributed by atoms with Gasteiger partial charge in [-0.05, 0) is 25.2 Å². The minimum atomic E-state index is -0.732. The van der Waals surface area contributed by atoms with E-state index in [1.807, 2.05) is 20.8 Å². The van der Waals surface area contributed by atoms with Crippen molar-refractivity contribution in [1.29, 1.82) is 0 Å². The van der Waals surface area contributed by atoms with Crippen LogP contribution in [0.3, 0.4) is 0 Å². The van der Waals surface area contributed by atoms with Crippen molar-refractivity contribution in [3.05, 3.63) is 11.7 Å². The van der Waals surface area contributed by atoms with Gasteiger partial charge in [-0.15, -0.1) is 0 Å². The largest absolute Gasteiger partial charge is 0.480 e. The van der Waals surface area contributed by atoms with Gasteiger partial charge in [0, 0.05) is 11.5 Å². The van der Waals surface area contributed by atoms with Crippen molar-refractivity contribution < 1.29 is 14.4 Å². The molecule has 2 fully saturated rings. The van der Waals surface area contributed by atoms with Crippen molar-refractivity contribution >= 4 is 5.97 Å². The van der Waals surface area contributed by atoms with Gasteiger partial charge >= 0.3 is 5.97 Å². The molecule has 22 heavy (non-hydrogen) atoms. The fourth-order valence-electron chi connectivity index (χ4n) is 3.80. The molecule has 3 rings (SSSR count). The summed E-state index contributed by atoms with van der Waals surface area (Å²) in [5.41, 5.74) is -0.160. The minimum Gasteiger partial charge on any atom is -0.480 e. The van der Waals surface area contributed by atoms with Crippen LogP contribution in [0.25, 0.3) is 0 Å². The van der Waals surface area contributed by atoms with E-state index in [1.165, 1.54) is 12.8 Å². The van der Waals surface area contributed by atoms with E-state index in [0.717, 1.165) is 19.3 Å². The smallest absolute Gasteiger partial charge is 0.320 e. The molecular weight excluding hydrogens is 282 g/mol. The second kappa shape index (κ2) is 5.65. The molecular formula is C16H25N3O3. The number of hydrogen-bond donors (Lipinski definition) is 1. The van der Waals surface area contributed by atoms with E-state index >= 15 is 0 Å². The first-order chi connectivity index (χ1) is 10.4. The number of nitrogens with zero attached hydrogens (tertiary/aromatic N) is 3. The van der Waals surface area contributed by atoms with Crippen molar-refractivity contribution in [2.45, 2.75) is 76.9 Å². The van der Waals surface area contributed by atoms with E-state index in [0.29, 0.717) is 30.2 Å². The summed E-state index contributed by atoms with van der Waals surface area (Å²) in [6.07, 6.45) is 5.37. The predicted molar refractivity (Wildman–Crippen MR) is 80.3 cm³/mol. The summed E-state index contributed by atoms with van der Waals surface area (Å²) in [5, 5.41) is 13.6. The standard InChI is InChI=1S/C16H25N3O3/c1-16(2,3)15-17-13(22-18-15)9-19-11-7-5-4-6-10(11)8-12(19)14(20)21/h10-12H,4-9H2,1-3H3,(H,20,21). The summed E-state index contributed by atoms with van der Waals surface area (Å²) < 4.78 is 5.37. The highest BCUT2D eigenvalue weighted by atomic mass is 16.5. The Labute approximate surface area is 130 Å². The molecule has 6 heteroatoms. The quantitative estimate of drug-likeness (QED) is 0.924. The van der Waals surface area contributed by atoms with E-state index in [9.17, 15) is 9.90 Å². The Kier molecular flexibility index (Phi) is 3.97. The predicted octanol–water partition coefficient (Wildman–Crippen LogP) is 2.58. The monoisotopic (exact) mass is 307 g/mol. The molecule has 0 radical (unpaired) electrons. The van der Waals surface area contributed by atoms with Gasteiger partial charge < -0.3 is 9.63 Å². The van der Waals surface area contributed by atoms with Crippen molar-refractivity contribution in [3.63, 3.8) is 0 Å². The maximum atomic E-state index is 11.6. The first-order valence-electron chi connectivity index (χ1n) is 8.18. The van der Waals surface area contributed by atoms with Crippen LogP contribution in [0.1, 0.15) is 64.6 Å². The molecule has 0 bridgehead atoms. The Morgan fingerprint density at radius 1 is 1.36 bits per heavy atom.